The molecule has 1 amide bonds. The van der Waals surface area contributed by atoms with Crippen LogP contribution in [0.15, 0.2) is 60.9 Å². The molecule has 0 saturated heterocycles. The van der Waals surface area contributed by atoms with Crippen LogP contribution in [0.1, 0.15) is 18.5 Å². The molecule has 0 radical (unpaired) electrons. The van der Waals surface area contributed by atoms with E-state index in [1.165, 1.54) is 6.07 Å². The number of hydrogen-bond acceptors (Lipinski definition) is 5. The average Bonchev–Trinajstić information content (AvgIpc) is 3.63. The Kier molecular flexibility index (Phi) is 6.82. The maximum atomic E-state index is 13.3. The number of likely N-dealkylation sites (N-methyl/N-ethyl adjacent to an activating group) is 1. The van der Waals surface area contributed by atoms with Crippen LogP contribution in [0.2, 0.25) is 0 Å². The number of ether oxygens (including phenoxy) is 1. The van der Waals surface area contributed by atoms with E-state index < -0.39 is 6.61 Å². The molecule has 2 aromatic heterocycles. The Bertz CT molecular complexity index is 1250. The van der Waals surface area contributed by atoms with Crippen LogP contribution in [0.4, 0.5) is 8.78 Å². The van der Waals surface area contributed by atoms with E-state index in [-0.39, 0.29) is 17.7 Å². The molecule has 1 saturated carbocycles. The molecule has 0 N–H and O–H groups in total. The molecule has 1 aliphatic heterocycles. The monoisotopic (exact) mass is 493 g/mol. The maximum absolute atomic E-state index is 13.3. The van der Waals surface area contributed by atoms with Crippen molar-refractivity contribution in [1.29, 1.82) is 0 Å². The lowest BCUT2D eigenvalue weighted by atomic mass is 9.97. The van der Waals surface area contributed by atoms with Crippen LogP contribution in [-0.2, 0) is 17.9 Å². The Morgan fingerprint density at radius 2 is 1.97 bits per heavy atom. The molecule has 36 heavy (non-hydrogen) atoms. The molecule has 5 rings (SSSR count). The molecule has 3 aromatic rings. The van der Waals surface area contributed by atoms with Gasteiger partial charge in [-0.15, -0.1) is 0 Å². The smallest absolute Gasteiger partial charge is 0.387 e. The second kappa shape index (κ2) is 10.2. The first-order chi connectivity index (χ1) is 17.4. The normalized spacial score (nSPS) is 17.7. The fraction of sp³-hybridized carbons (Fsp3) is 0.370. The van der Waals surface area contributed by atoms with E-state index in [2.05, 4.69) is 9.72 Å². The van der Waals surface area contributed by atoms with Crippen LogP contribution >= 0.6 is 0 Å². The molecule has 0 spiro atoms. The van der Waals surface area contributed by atoms with Crippen molar-refractivity contribution in [3.63, 3.8) is 0 Å². The number of aromatic nitrogens is 3. The summed E-state index contributed by atoms with van der Waals surface area (Å²) in [6.07, 6.45) is 9.18. The number of pyridine rings is 1. The summed E-state index contributed by atoms with van der Waals surface area (Å²) in [6.45, 7) is -1.20. The summed E-state index contributed by atoms with van der Waals surface area (Å²) in [5.74, 6) is 0.535. The number of alkyl halides is 2. The zero-order chi connectivity index (χ0) is 25.2. The first-order valence-corrected chi connectivity index (χ1v) is 12.1. The zero-order valence-corrected chi connectivity index (χ0v) is 20.3. The summed E-state index contributed by atoms with van der Waals surface area (Å²) < 4.78 is 32.4. The lowest BCUT2D eigenvalue weighted by Crippen LogP contribution is -2.47. The van der Waals surface area contributed by atoms with Crippen molar-refractivity contribution in [3.8, 4) is 28.1 Å². The first kappa shape index (κ1) is 24.1. The second-order valence-corrected chi connectivity index (χ2v) is 9.53. The molecule has 2 aliphatic rings. The summed E-state index contributed by atoms with van der Waals surface area (Å²) in [7, 11) is 3.93. The van der Waals surface area contributed by atoms with Crippen LogP contribution < -0.4 is 4.74 Å². The van der Waals surface area contributed by atoms with Gasteiger partial charge >= 0.3 is 6.61 Å². The molecule has 1 atom stereocenters. The van der Waals surface area contributed by atoms with Crippen LogP contribution in [0.25, 0.3) is 22.4 Å². The third kappa shape index (κ3) is 5.16. The van der Waals surface area contributed by atoms with Gasteiger partial charge in [0.2, 0.25) is 5.91 Å². The quantitative estimate of drug-likeness (QED) is 0.434. The SMILES string of the molecule is CN(C)C/C=C/C(=O)N1Cc2c(-c3ccncc3)c(-c3cccc(OC(F)F)c3)nn2C[C@@H]1C1CC1. The van der Waals surface area contributed by atoms with Crippen molar-refractivity contribution >= 4 is 5.91 Å². The van der Waals surface area contributed by atoms with E-state index in [1.54, 1.807) is 30.6 Å². The van der Waals surface area contributed by atoms with Gasteiger partial charge in [-0.3, -0.25) is 14.5 Å². The van der Waals surface area contributed by atoms with Crippen LogP contribution in [0.5, 0.6) is 5.75 Å². The summed E-state index contributed by atoms with van der Waals surface area (Å²) in [6, 6.07) is 10.5. The Morgan fingerprint density at radius 1 is 1.19 bits per heavy atom. The Balaban J connectivity index is 1.57. The van der Waals surface area contributed by atoms with E-state index in [1.807, 2.05) is 52.9 Å². The molecule has 7 nitrogen and oxygen atoms in total. The van der Waals surface area contributed by atoms with Gasteiger partial charge in [0.1, 0.15) is 11.4 Å². The van der Waals surface area contributed by atoms with Gasteiger partial charge in [-0.05, 0) is 62.7 Å². The number of halogens is 2. The molecule has 0 unspecified atom stereocenters. The molecular formula is C27H29F2N5O2. The number of nitrogens with zero attached hydrogens (tertiary/aromatic N) is 5. The molecule has 188 valence electrons. The summed E-state index contributed by atoms with van der Waals surface area (Å²) in [5, 5.41) is 4.95. The van der Waals surface area contributed by atoms with Gasteiger partial charge in [-0.2, -0.15) is 13.9 Å². The molecule has 1 aliphatic carbocycles. The molecule has 1 fully saturated rings. The van der Waals surface area contributed by atoms with Crippen molar-refractivity contribution in [2.75, 3.05) is 20.6 Å². The minimum atomic E-state index is -2.91. The fourth-order valence-electron chi connectivity index (χ4n) is 4.79. The summed E-state index contributed by atoms with van der Waals surface area (Å²) in [4.78, 5) is 21.4. The van der Waals surface area contributed by atoms with Gasteiger partial charge < -0.3 is 14.5 Å². The maximum Gasteiger partial charge on any atom is 0.387 e. The Morgan fingerprint density at radius 3 is 2.67 bits per heavy atom. The highest BCUT2D eigenvalue weighted by Crippen LogP contribution is 2.43. The molecule has 9 heteroatoms. The highest BCUT2D eigenvalue weighted by Gasteiger charge is 2.41. The Labute approximate surface area is 209 Å². The van der Waals surface area contributed by atoms with Crippen molar-refractivity contribution in [2.45, 2.75) is 38.6 Å². The number of hydrogen-bond donors (Lipinski definition) is 0. The third-order valence-electron chi connectivity index (χ3n) is 6.62. The largest absolute Gasteiger partial charge is 0.435 e. The lowest BCUT2D eigenvalue weighted by Gasteiger charge is -2.36. The predicted octanol–water partition coefficient (Wildman–Crippen LogP) is 4.45. The highest BCUT2D eigenvalue weighted by atomic mass is 19.3. The van der Waals surface area contributed by atoms with E-state index >= 15 is 0 Å². The number of carbonyl (C=O) groups excluding carboxylic acids is 1. The molecule has 1 aromatic carbocycles. The number of rotatable bonds is 8. The topological polar surface area (TPSA) is 63.5 Å². The minimum absolute atomic E-state index is 0.00393. The standard InChI is InChI=1S/C27H29F2N5O2/c1-32(2)14-4-7-24(35)33-16-23-25(19-10-12-30-13-11-19)26(31-34(23)17-22(33)18-8-9-18)20-5-3-6-21(15-20)36-27(28)29/h3-7,10-13,15,18,22,27H,8-9,14,16-17H2,1-2H3/b7-4+/t22-/m1/s1. The molecule has 3 heterocycles. The molecule has 0 bridgehead atoms. The van der Waals surface area contributed by atoms with E-state index in [4.69, 9.17) is 5.10 Å². The summed E-state index contributed by atoms with van der Waals surface area (Å²) >= 11 is 0. The molecular weight excluding hydrogens is 464 g/mol. The minimum Gasteiger partial charge on any atom is -0.435 e. The first-order valence-electron chi connectivity index (χ1n) is 12.1. The van der Waals surface area contributed by atoms with E-state index in [0.717, 1.165) is 29.7 Å². The number of benzene rings is 1. The fourth-order valence-corrected chi connectivity index (χ4v) is 4.79. The van der Waals surface area contributed by atoms with E-state index in [9.17, 15) is 13.6 Å². The van der Waals surface area contributed by atoms with Gasteiger partial charge in [-0.25, -0.2) is 0 Å². The van der Waals surface area contributed by atoms with Crippen LogP contribution in [-0.4, -0.2) is 63.8 Å². The number of fused-ring (bicyclic) bond motifs is 1. The van der Waals surface area contributed by atoms with Gasteiger partial charge in [0, 0.05) is 36.1 Å². The average molecular weight is 494 g/mol. The number of amides is 1. The van der Waals surface area contributed by atoms with Crippen LogP contribution in [0.3, 0.4) is 0 Å². The third-order valence-corrected chi connectivity index (χ3v) is 6.62. The van der Waals surface area contributed by atoms with Crippen molar-refractivity contribution < 1.29 is 18.3 Å². The Hall–Kier alpha value is -3.59. The van der Waals surface area contributed by atoms with Crippen molar-refractivity contribution in [3.05, 3.63) is 66.6 Å². The van der Waals surface area contributed by atoms with Gasteiger partial charge in [-0.1, -0.05) is 18.2 Å². The van der Waals surface area contributed by atoms with Crippen molar-refractivity contribution in [2.24, 2.45) is 5.92 Å². The van der Waals surface area contributed by atoms with Crippen LogP contribution in [0, 0.1) is 5.92 Å². The number of carbonyl (C=O) groups is 1. The predicted molar refractivity (Wildman–Crippen MR) is 132 cm³/mol. The van der Waals surface area contributed by atoms with Crippen molar-refractivity contribution in [1.82, 2.24) is 24.6 Å². The lowest BCUT2D eigenvalue weighted by molar-refractivity contribution is -0.130. The van der Waals surface area contributed by atoms with Gasteiger partial charge in [0.05, 0.1) is 24.8 Å². The zero-order valence-electron chi connectivity index (χ0n) is 20.3. The van der Waals surface area contributed by atoms with Gasteiger partial charge in [0.25, 0.3) is 0 Å². The highest BCUT2D eigenvalue weighted by molar-refractivity contribution is 5.89. The van der Waals surface area contributed by atoms with Gasteiger partial charge in [0.15, 0.2) is 0 Å². The summed E-state index contributed by atoms with van der Waals surface area (Å²) in [5.41, 5.74) is 4.04. The van der Waals surface area contributed by atoms with E-state index in [0.29, 0.717) is 36.8 Å². The second-order valence-electron chi connectivity index (χ2n) is 9.53.